The number of aliphatic carboxylic acids is 1. The molecule has 0 unspecified atom stereocenters. The molecule has 4 rings (SSSR count). The van der Waals surface area contributed by atoms with Crippen molar-refractivity contribution in [3.05, 3.63) is 89.0 Å². The van der Waals surface area contributed by atoms with Crippen LogP contribution in [0.1, 0.15) is 62.6 Å². The van der Waals surface area contributed by atoms with Gasteiger partial charge in [-0.05, 0) is 108 Å². The molecule has 1 aliphatic rings. The molecule has 0 fully saturated rings. The zero-order valence-electron chi connectivity index (χ0n) is 22.2. The lowest BCUT2D eigenvalue weighted by Crippen LogP contribution is -2.10. The third-order valence-corrected chi connectivity index (χ3v) is 7.19. The van der Waals surface area contributed by atoms with Crippen molar-refractivity contribution in [3.8, 4) is 22.6 Å². The maximum absolute atomic E-state index is 15.0. The Morgan fingerprint density at radius 2 is 1.68 bits per heavy atom. The lowest BCUT2D eigenvalue weighted by Gasteiger charge is -2.25. The average molecular weight is 521 g/mol. The zero-order valence-corrected chi connectivity index (χ0v) is 22.2. The molecule has 0 saturated carbocycles. The van der Waals surface area contributed by atoms with Crippen LogP contribution >= 0.6 is 0 Å². The minimum Gasteiger partial charge on any atom is -0.497 e. The van der Waals surface area contributed by atoms with Crippen molar-refractivity contribution in [1.82, 2.24) is 0 Å². The van der Waals surface area contributed by atoms with E-state index in [1.165, 1.54) is 17.7 Å². The number of carbonyl (C=O) groups is 1. The molecule has 1 aliphatic carbocycles. The van der Waals surface area contributed by atoms with E-state index in [-0.39, 0.29) is 30.1 Å². The highest BCUT2D eigenvalue weighted by Crippen LogP contribution is 2.47. The SMILES string of the molecule is COc1ccc(F)c(-c2ccc(COc3ccc(F)c(CCCCC(=O)O)c3)cc2C2=CCCC2(C)C)c1. The van der Waals surface area contributed by atoms with Crippen molar-refractivity contribution in [2.45, 2.75) is 59.0 Å². The van der Waals surface area contributed by atoms with Crippen molar-refractivity contribution in [2.24, 2.45) is 5.41 Å². The van der Waals surface area contributed by atoms with Gasteiger partial charge in [0.05, 0.1) is 7.11 Å². The van der Waals surface area contributed by atoms with Crippen LogP contribution in [-0.2, 0) is 17.8 Å². The largest absolute Gasteiger partial charge is 0.497 e. The van der Waals surface area contributed by atoms with Crippen LogP contribution in [-0.4, -0.2) is 18.2 Å². The molecular formula is C32H34F2O4. The normalized spacial score (nSPS) is 14.3. The number of hydrogen-bond donors (Lipinski definition) is 1. The van der Waals surface area contributed by atoms with Gasteiger partial charge in [0.1, 0.15) is 29.7 Å². The fourth-order valence-electron chi connectivity index (χ4n) is 5.03. The van der Waals surface area contributed by atoms with E-state index >= 15 is 0 Å². The summed E-state index contributed by atoms with van der Waals surface area (Å²) in [5.74, 6) is -0.345. The maximum Gasteiger partial charge on any atom is 0.303 e. The number of carboxylic acids is 1. The number of carboxylic acid groups (broad SMARTS) is 1. The summed E-state index contributed by atoms with van der Waals surface area (Å²) in [6, 6.07) is 15.3. The number of methoxy groups -OCH3 is 1. The lowest BCUT2D eigenvalue weighted by molar-refractivity contribution is -0.137. The molecule has 6 heteroatoms. The third kappa shape index (κ3) is 6.42. The van der Waals surface area contributed by atoms with Gasteiger partial charge >= 0.3 is 5.97 Å². The zero-order chi connectivity index (χ0) is 27.3. The second-order valence-corrected chi connectivity index (χ2v) is 10.4. The van der Waals surface area contributed by atoms with E-state index in [0.717, 1.165) is 29.5 Å². The molecule has 4 nitrogen and oxygen atoms in total. The standard InChI is InChI=1S/C32H34F2O4/c1-32(2)16-6-8-28(32)26-17-21(10-13-25(26)27-19-23(37-3)11-15-30(27)34)20-38-24-12-14-29(33)22(18-24)7-4-5-9-31(35)36/h8,10-15,17-19H,4-7,9,16,20H2,1-3H3,(H,35,36). The Balaban J connectivity index is 1.59. The minimum absolute atomic E-state index is 0.0456. The predicted octanol–water partition coefficient (Wildman–Crippen LogP) is 8.22. The highest BCUT2D eigenvalue weighted by atomic mass is 19.1. The van der Waals surface area contributed by atoms with Gasteiger partial charge in [0.15, 0.2) is 0 Å². The number of aryl methyl sites for hydroxylation is 1. The number of benzene rings is 3. The maximum atomic E-state index is 15.0. The Morgan fingerprint density at radius 3 is 2.39 bits per heavy atom. The molecule has 0 aromatic heterocycles. The second-order valence-electron chi connectivity index (χ2n) is 10.4. The first-order valence-corrected chi connectivity index (χ1v) is 13.0. The van der Waals surface area contributed by atoms with Gasteiger partial charge in [-0.2, -0.15) is 0 Å². The fraction of sp³-hybridized carbons (Fsp3) is 0.344. The summed E-state index contributed by atoms with van der Waals surface area (Å²) in [5.41, 5.74) is 4.83. The van der Waals surface area contributed by atoms with Crippen LogP contribution in [0.4, 0.5) is 8.78 Å². The van der Waals surface area contributed by atoms with E-state index < -0.39 is 5.97 Å². The van der Waals surface area contributed by atoms with Crippen molar-refractivity contribution in [1.29, 1.82) is 0 Å². The molecule has 0 aliphatic heterocycles. The minimum atomic E-state index is -0.848. The van der Waals surface area contributed by atoms with Gasteiger partial charge < -0.3 is 14.6 Å². The summed E-state index contributed by atoms with van der Waals surface area (Å²) >= 11 is 0. The van der Waals surface area contributed by atoms with E-state index in [1.54, 1.807) is 31.4 Å². The molecule has 0 amide bonds. The fourth-order valence-corrected chi connectivity index (χ4v) is 5.03. The highest BCUT2D eigenvalue weighted by Gasteiger charge is 2.30. The molecule has 0 radical (unpaired) electrons. The molecule has 0 saturated heterocycles. The van der Waals surface area contributed by atoms with Gasteiger partial charge in [0, 0.05) is 12.0 Å². The van der Waals surface area contributed by atoms with Gasteiger partial charge in [-0.25, -0.2) is 8.78 Å². The highest BCUT2D eigenvalue weighted by molar-refractivity contribution is 5.85. The van der Waals surface area contributed by atoms with Gasteiger partial charge in [0.25, 0.3) is 0 Å². The quantitative estimate of drug-likeness (QED) is 0.259. The Hall–Kier alpha value is -3.67. The van der Waals surface area contributed by atoms with E-state index in [1.807, 2.05) is 12.1 Å². The number of halogens is 2. The van der Waals surface area contributed by atoms with Gasteiger partial charge in [-0.15, -0.1) is 0 Å². The van der Waals surface area contributed by atoms with Crippen LogP contribution in [0, 0.1) is 17.0 Å². The van der Waals surface area contributed by atoms with Crippen molar-refractivity contribution in [3.63, 3.8) is 0 Å². The molecule has 3 aromatic rings. The van der Waals surface area contributed by atoms with Crippen LogP contribution in [0.2, 0.25) is 0 Å². The van der Waals surface area contributed by atoms with Crippen molar-refractivity contribution < 1.29 is 28.2 Å². The van der Waals surface area contributed by atoms with Crippen LogP contribution in [0.5, 0.6) is 11.5 Å². The smallest absolute Gasteiger partial charge is 0.303 e. The molecule has 0 heterocycles. The summed E-state index contributed by atoms with van der Waals surface area (Å²) in [7, 11) is 1.57. The first-order valence-electron chi connectivity index (χ1n) is 13.0. The summed E-state index contributed by atoms with van der Waals surface area (Å²) in [6.45, 7) is 4.68. The second kappa shape index (κ2) is 11.8. The lowest BCUT2D eigenvalue weighted by atomic mass is 9.79. The molecule has 3 aromatic carbocycles. The summed E-state index contributed by atoms with van der Waals surface area (Å²) in [5, 5.41) is 8.80. The average Bonchev–Trinajstić information content (AvgIpc) is 3.25. The van der Waals surface area contributed by atoms with Crippen LogP contribution in [0.15, 0.2) is 60.7 Å². The summed E-state index contributed by atoms with van der Waals surface area (Å²) in [6.07, 6.45) is 5.83. The molecule has 1 N–H and O–H groups in total. The number of hydrogen-bond acceptors (Lipinski definition) is 3. The third-order valence-electron chi connectivity index (χ3n) is 7.19. The van der Waals surface area contributed by atoms with Crippen LogP contribution in [0.25, 0.3) is 16.7 Å². The number of unbranched alkanes of at least 4 members (excludes halogenated alkanes) is 1. The molecule has 0 atom stereocenters. The van der Waals surface area contributed by atoms with Gasteiger partial charge in [-0.3, -0.25) is 4.79 Å². The molecule has 0 spiro atoms. The molecule has 38 heavy (non-hydrogen) atoms. The van der Waals surface area contributed by atoms with Gasteiger partial charge in [0.2, 0.25) is 0 Å². The van der Waals surface area contributed by atoms with E-state index in [9.17, 15) is 13.6 Å². The first kappa shape index (κ1) is 27.4. The Morgan fingerprint density at radius 1 is 0.921 bits per heavy atom. The van der Waals surface area contributed by atoms with Crippen molar-refractivity contribution in [2.75, 3.05) is 7.11 Å². The first-order chi connectivity index (χ1) is 18.2. The Kier molecular flexibility index (Phi) is 8.50. The van der Waals surface area contributed by atoms with E-state index in [0.29, 0.717) is 41.9 Å². The van der Waals surface area contributed by atoms with E-state index in [4.69, 9.17) is 14.6 Å². The van der Waals surface area contributed by atoms with E-state index in [2.05, 4.69) is 26.0 Å². The Bertz CT molecular complexity index is 1340. The number of ether oxygens (including phenoxy) is 2. The van der Waals surface area contributed by atoms with Gasteiger partial charge in [-0.1, -0.05) is 32.1 Å². The number of allylic oxidation sites excluding steroid dienone is 2. The van der Waals surface area contributed by atoms with Crippen molar-refractivity contribution >= 4 is 11.5 Å². The molecular weight excluding hydrogens is 486 g/mol. The topological polar surface area (TPSA) is 55.8 Å². The number of rotatable bonds is 11. The summed E-state index contributed by atoms with van der Waals surface area (Å²) < 4.78 is 40.7. The molecule has 0 bridgehead atoms. The van der Waals surface area contributed by atoms with Crippen LogP contribution < -0.4 is 9.47 Å². The monoisotopic (exact) mass is 520 g/mol. The van der Waals surface area contributed by atoms with Crippen LogP contribution in [0.3, 0.4) is 0 Å². The summed E-state index contributed by atoms with van der Waals surface area (Å²) in [4.78, 5) is 10.7. The predicted molar refractivity (Wildman–Crippen MR) is 145 cm³/mol. The molecule has 200 valence electrons. The Labute approximate surface area is 222 Å².